The second-order valence-corrected chi connectivity index (χ2v) is 10.7. The van der Waals surface area contributed by atoms with Crippen LogP contribution in [0.4, 0.5) is 0 Å². The molecule has 1 aliphatic rings. The molecule has 0 heterocycles. The maximum atomic E-state index is 6.24. The molecule has 0 N–H and O–H groups in total. The number of terminal acetylenes is 1. The standard InChI is InChI=1S/C16H26OSi/c1-6-13-16(2,17-18(3,4)5)14-12-15-10-8-7-9-11-15/h1,10,12,14H,7-9,11,13H2,2-5H3/b14-12+/t16-/m0/s1. The summed E-state index contributed by atoms with van der Waals surface area (Å²) in [5.74, 6) is 2.75. The molecule has 1 nitrogen and oxygen atoms in total. The monoisotopic (exact) mass is 262 g/mol. The lowest BCUT2D eigenvalue weighted by Crippen LogP contribution is -2.39. The van der Waals surface area contributed by atoms with E-state index < -0.39 is 8.32 Å². The van der Waals surface area contributed by atoms with E-state index in [-0.39, 0.29) is 5.60 Å². The molecule has 0 unspecified atom stereocenters. The second-order valence-electron chi connectivity index (χ2n) is 6.27. The molecule has 0 aromatic rings. The SMILES string of the molecule is C#CC[C@@](C)(/C=C/C1=CCCCC1)O[Si](C)(C)C. The lowest BCUT2D eigenvalue weighted by Gasteiger charge is -2.32. The number of allylic oxidation sites excluding steroid dienone is 3. The Labute approximate surface area is 113 Å². The fourth-order valence-corrected chi connectivity index (χ4v) is 3.87. The Morgan fingerprint density at radius 3 is 2.67 bits per heavy atom. The molecule has 0 aromatic heterocycles. The van der Waals surface area contributed by atoms with E-state index >= 15 is 0 Å². The first-order valence-electron chi connectivity index (χ1n) is 6.87. The summed E-state index contributed by atoms with van der Waals surface area (Å²) in [5, 5.41) is 0. The zero-order chi connectivity index (χ0) is 13.6. The van der Waals surface area contributed by atoms with E-state index in [2.05, 4.69) is 50.7 Å². The predicted molar refractivity (Wildman–Crippen MR) is 82.0 cm³/mol. The van der Waals surface area contributed by atoms with Crippen molar-refractivity contribution in [3.63, 3.8) is 0 Å². The Hall–Kier alpha value is -0.783. The third-order valence-corrected chi connectivity index (χ3v) is 4.05. The summed E-state index contributed by atoms with van der Waals surface area (Å²) >= 11 is 0. The van der Waals surface area contributed by atoms with E-state index in [9.17, 15) is 0 Å². The molecule has 0 fully saturated rings. The van der Waals surface area contributed by atoms with Gasteiger partial charge in [-0.2, -0.15) is 0 Å². The first kappa shape index (κ1) is 15.3. The highest BCUT2D eigenvalue weighted by atomic mass is 28.4. The van der Waals surface area contributed by atoms with Crippen LogP contribution in [0, 0.1) is 12.3 Å². The maximum Gasteiger partial charge on any atom is 0.184 e. The van der Waals surface area contributed by atoms with Gasteiger partial charge in [-0.05, 0) is 52.2 Å². The third-order valence-electron chi connectivity index (χ3n) is 2.97. The smallest absolute Gasteiger partial charge is 0.184 e. The average molecular weight is 262 g/mol. The Morgan fingerprint density at radius 1 is 1.44 bits per heavy atom. The zero-order valence-electron chi connectivity index (χ0n) is 12.3. The Balaban J connectivity index is 2.75. The Morgan fingerprint density at radius 2 is 2.17 bits per heavy atom. The molecule has 0 aliphatic heterocycles. The number of hydrogen-bond donors (Lipinski definition) is 0. The zero-order valence-corrected chi connectivity index (χ0v) is 13.3. The highest BCUT2D eigenvalue weighted by Crippen LogP contribution is 2.25. The molecular formula is C16H26OSi. The predicted octanol–water partition coefficient (Wildman–Crippen LogP) is 4.68. The highest BCUT2D eigenvalue weighted by molar-refractivity contribution is 6.69. The molecule has 0 saturated heterocycles. The number of rotatable bonds is 5. The van der Waals surface area contributed by atoms with Crippen molar-refractivity contribution in [3.8, 4) is 12.3 Å². The second kappa shape index (κ2) is 6.40. The lowest BCUT2D eigenvalue weighted by molar-refractivity contribution is 0.138. The van der Waals surface area contributed by atoms with Gasteiger partial charge < -0.3 is 4.43 Å². The molecule has 1 rings (SSSR count). The molecule has 18 heavy (non-hydrogen) atoms. The van der Waals surface area contributed by atoms with Gasteiger partial charge in [-0.25, -0.2) is 0 Å². The van der Waals surface area contributed by atoms with E-state index in [1.54, 1.807) is 0 Å². The van der Waals surface area contributed by atoms with Crippen LogP contribution in [0.15, 0.2) is 23.8 Å². The minimum atomic E-state index is -1.58. The van der Waals surface area contributed by atoms with Crippen LogP contribution in [0.5, 0.6) is 0 Å². The summed E-state index contributed by atoms with van der Waals surface area (Å²) in [5.41, 5.74) is 1.13. The van der Waals surface area contributed by atoms with Crippen LogP contribution in [0.3, 0.4) is 0 Å². The molecule has 0 amide bonds. The molecule has 0 spiro atoms. The van der Waals surface area contributed by atoms with Gasteiger partial charge in [-0.1, -0.05) is 23.8 Å². The summed E-state index contributed by atoms with van der Waals surface area (Å²) in [4.78, 5) is 0. The van der Waals surface area contributed by atoms with Crippen molar-refractivity contribution in [1.82, 2.24) is 0 Å². The summed E-state index contributed by atoms with van der Waals surface area (Å²) < 4.78 is 6.24. The molecule has 1 atom stereocenters. The van der Waals surface area contributed by atoms with Crippen molar-refractivity contribution in [2.45, 2.75) is 64.3 Å². The van der Waals surface area contributed by atoms with E-state index in [0.717, 1.165) is 0 Å². The summed E-state index contributed by atoms with van der Waals surface area (Å²) in [6.45, 7) is 8.71. The quantitative estimate of drug-likeness (QED) is 0.516. The topological polar surface area (TPSA) is 9.23 Å². The fourth-order valence-electron chi connectivity index (χ4n) is 2.33. The molecule has 1 aliphatic carbocycles. The average Bonchev–Trinajstić information content (AvgIpc) is 2.26. The molecular weight excluding hydrogens is 236 g/mol. The highest BCUT2D eigenvalue weighted by Gasteiger charge is 2.28. The summed E-state index contributed by atoms with van der Waals surface area (Å²) in [7, 11) is -1.58. The minimum Gasteiger partial charge on any atom is -0.408 e. The van der Waals surface area contributed by atoms with Crippen LogP contribution in [0.2, 0.25) is 19.6 Å². The minimum absolute atomic E-state index is 0.308. The largest absolute Gasteiger partial charge is 0.408 e. The van der Waals surface area contributed by atoms with Crippen LogP contribution in [-0.4, -0.2) is 13.9 Å². The normalized spacial score (nSPS) is 20.3. The first-order chi connectivity index (χ1) is 8.35. The van der Waals surface area contributed by atoms with Crippen LogP contribution < -0.4 is 0 Å². The van der Waals surface area contributed by atoms with Gasteiger partial charge in [0.15, 0.2) is 8.32 Å². The van der Waals surface area contributed by atoms with Crippen molar-refractivity contribution >= 4 is 8.32 Å². The lowest BCUT2D eigenvalue weighted by atomic mass is 9.96. The van der Waals surface area contributed by atoms with Gasteiger partial charge in [0.25, 0.3) is 0 Å². The van der Waals surface area contributed by atoms with Crippen molar-refractivity contribution in [1.29, 1.82) is 0 Å². The maximum absolute atomic E-state index is 6.24. The molecule has 0 saturated carbocycles. The summed E-state index contributed by atoms with van der Waals surface area (Å²) in [6, 6.07) is 0. The third kappa shape index (κ3) is 5.71. The van der Waals surface area contributed by atoms with E-state index in [4.69, 9.17) is 10.8 Å². The fraction of sp³-hybridized carbons (Fsp3) is 0.625. The summed E-state index contributed by atoms with van der Waals surface area (Å²) in [6.07, 6.45) is 17.9. The van der Waals surface area contributed by atoms with Gasteiger partial charge in [0.1, 0.15) is 0 Å². The van der Waals surface area contributed by atoms with Crippen LogP contribution in [0.1, 0.15) is 39.0 Å². The van der Waals surface area contributed by atoms with Crippen molar-refractivity contribution in [2.75, 3.05) is 0 Å². The van der Waals surface area contributed by atoms with E-state index in [1.165, 1.54) is 31.3 Å². The van der Waals surface area contributed by atoms with Crippen LogP contribution in [-0.2, 0) is 4.43 Å². The Bertz CT molecular complexity index is 368. The van der Waals surface area contributed by atoms with Gasteiger partial charge in [0.05, 0.1) is 5.60 Å². The van der Waals surface area contributed by atoms with Gasteiger partial charge in [0, 0.05) is 6.42 Å². The van der Waals surface area contributed by atoms with Crippen LogP contribution >= 0.6 is 0 Å². The van der Waals surface area contributed by atoms with Crippen molar-refractivity contribution in [2.24, 2.45) is 0 Å². The van der Waals surface area contributed by atoms with Crippen molar-refractivity contribution < 1.29 is 4.43 Å². The van der Waals surface area contributed by atoms with Gasteiger partial charge in [-0.15, -0.1) is 12.3 Å². The molecule has 0 bridgehead atoms. The van der Waals surface area contributed by atoms with E-state index in [0.29, 0.717) is 6.42 Å². The first-order valence-corrected chi connectivity index (χ1v) is 10.3. The van der Waals surface area contributed by atoms with Crippen molar-refractivity contribution in [3.05, 3.63) is 23.8 Å². The molecule has 100 valence electrons. The number of hydrogen-bond acceptors (Lipinski definition) is 1. The molecule has 0 aromatic carbocycles. The van der Waals surface area contributed by atoms with Crippen LogP contribution in [0.25, 0.3) is 0 Å². The molecule has 2 heteroatoms. The van der Waals surface area contributed by atoms with Gasteiger partial charge in [0.2, 0.25) is 0 Å². The van der Waals surface area contributed by atoms with E-state index in [1.807, 2.05) is 0 Å². The van der Waals surface area contributed by atoms with Gasteiger partial charge in [-0.3, -0.25) is 0 Å². The van der Waals surface area contributed by atoms with Gasteiger partial charge >= 0.3 is 0 Å². The molecule has 0 radical (unpaired) electrons. The Kier molecular flexibility index (Phi) is 5.43.